The molecule has 0 aliphatic carbocycles. The predicted octanol–water partition coefficient (Wildman–Crippen LogP) is 1.96. The predicted molar refractivity (Wildman–Crippen MR) is 69.4 cm³/mol. The quantitative estimate of drug-likeness (QED) is 0.639. The van der Waals surface area contributed by atoms with Crippen LogP contribution in [0.4, 0.5) is 10.1 Å². The van der Waals surface area contributed by atoms with Gasteiger partial charge < -0.3 is 19.9 Å². The molecule has 2 N–H and O–H groups in total. The van der Waals surface area contributed by atoms with E-state index in [1.807, 2.05) is 0 Å². The van der Waals surface area contributed by atoms with Crippen molar-refractivity contribution in [1.29, 1.82) is 0 Å². The summed E-state index contributed by atoms with van der Waals surface area (Å²) >= 11 is 0. The standard InChI is InChI=1S/C13H15FN2O3/c1-17-2-3-18-8-19-10-5-12(14)11-4-9(15)7-16-13(11)6-10/h4-7H,2-3,8,15H2,1H3. The summed E-state index contributed by atoms with van der Waals surface area (Å²) in [5.41, 5.74) is 6.47. The third-order valence-electron chi connectivity index (χ3n) is 2.49. The maximum Gasteiger partial charge on any atom is 0.189 e. The van der Waals surface area contributed by atoms with Gasteiger partial charge in [-0.15, -0.1) is 0 Å². The highest BCUT2D eigenvalue weighted by molar-refractivity contribution is 5.83. The van der Waals surface area contributed by atoms with Crippen LogP contribution in [0.3, 0.4) is 0 Å². The van der Waals surface area contributed by atoms with Gasteiger partial charge in [0.15, 0.2) is 6.79 Å². The van der Waals surface area contributed by atoms with Gasteiger partial charge in [-0.2, -0.15) is 0 Å². The van der Waals surface area contributed by atoms with E-state index in [9.17, 15) is 4.39 Å². The molecule has 0 radical (unpaired) electrons. The second-order valence-electron chi connectivity index (χ2n) is 3.90. The first kappa shape index (κ1) is 13.5. The fourth-order valence-corrected chi connectivity index (χ4v) is 1.57. The number of aromatic nitrogens is 1. The van der Waals surface area contributed by atoms with Crippen LogP contribution in [-0.4, -0.2) is 32.1 Å². The minimum Gasteiger partial charge on any atom is -0.467 e. The number of nitrogens with two attached hydrogens (primary N) is 1. The molecule has 6 heteroatoms. The Morgan fingerprint density at radius 2 is 2.11 bits per heavy atom. The van der Waals surface area contributed by atoms with E-state index < -0.39 is 5.82 Å². The summed E-state index contributed by atoms with van der Waals surface area (Å²) in [5, 5.41) is 0.368. The lowest BCUT2D eigenvalue weighted by molar-refractivity contribution is -0.00851. The Bertz CT molecular complexity index is 563. The lowest BCUT2D eigenvalue weighted by atomic mass is 10.2. The summed E-state index contributed by atoms with van der Waals surface area (Å²) in [5.74, 6) is -0.0659. The number of pyridine rings is 1. The average molecular weight is 266 g/mol. The van der Waals surface area contributed by atoms with Gasteiger partial charge in [0.05, 0.1) is 30.6 Å². The summed E-state index contributed by atoms with van der Waals surface area (Å²) in [7, 11) is 1.58. The third kappa shape index (κ3) is 3.52. The van der Waals surface area contributed by atoms with Gasteiger partial charge in [-0.05, 0) is 6.07 Å². The van der Waals surface area contributed by atoms with Gasteiger partial charge in [-0.25, -0.2) is 4.39 Å². The number of halogens is 1. The first-order valence-corrected chi connectivity index (χ1v) is 5.75. The van der Waals surface area contributed by atoms with Crippen LogP contribution in [0.15, 0.2) is 24.4 Å². The van der Waals surface area contributed by atoms with Gasteiger partial charge in [-0.3, -0.25) is 4.98 Å². The number of methoxy groups -OCH3 is 1. The first-order valence-electron chi connectivity index (χ1n) is 5.75. The molecule has 0 bridgehead atoms. The van der Waals surface area contributed by atoms with Crippen LogP contribution in [0.25, 0.3) is 10.9 Å². The minimum atomic E-state index is -0.427. The number of benzene rings is 1. The first-order chi connectivity index (χ1) is 9.20. The molecule has 1 aromatic carbocycles. The molecule has 0 aliphatic heterocycles. The van der Waals surface area contributed by atoms with Gasteiger partial charge in [0.2, 0.25) is 0 Å². The van der Waals surface area contributed by atoms with Crippen molar-refractivity contribution in [1.82, 2.24) is 4.98 Å². The molecule has 2 rings (SSSR count). The molecule has 19 heavy (non-hydrogen) atoms. The molecule has 0 aliphatic rings. The highest BCUT2D eigenvalue weighted by Gasteiger charge is 2.06. The second-order valence-corrected chi connectivity index (χ2v) is 3.90. The Balaban J connectivity index is 2.06. The molecular weight excluding hydrogens is 251 g/mol. The number of rotatable bonds is 6. The summed E-state index contributed by atoms with van der Waals surface area (Å²) in [6.45, 7) is 0.931. The molecule has 1 heterocycles. The van der Waals surface area contributed by atoms with Crippen molar-refractivity contribution in [2.24, 2.45) is 0 Å². The number of hydrogen-bond acceptors (Lipinski definition) is 5. The monoisotopic (exact) mass is 266 g/mol. The van der Waals surface area contributed by atoms with Crippen LogP contribution in [0.1, 0.15) is 0 Å². The summed E-state index contributed by atoms with van der Waals surface area (Å²) in [6.07, 6.45) is 1.47. The van der Waals surface area contributed by atoms with E-state index in [1.54, 1.807) is 13.2 Å². The van der Waals surface area contributed by atoms with E-state index in [2.05, 4.69) is 4.98 Å². The van der Waals surface area contributed by atoms with Crippen LogP contribution in [0.5, 0.6) is 5.75 Å². The molecule has 0 spiro atoms. The number of ether oxygens (including phenoxy) is 3. The lowest BCUT2D eigenvalue weighted by Gasteiger charge is -2.08. The second kappa shape index (κ2) is 6.31. The summed E-state index contributed by atoms with van der Waals surface area (Å²) in [4.78, 5) is 4.05. The van der Waals surface area contributed by atoms with E-state index in [4.69, 9.17) is 19.9 Å². The van der Waals surface area contributed by atoms with Gasteiger partial charge in [-0.1, -0.05) is 0 Å². The smallest absolute Gasteiger partial charge is 0.189 e. The van der Waals surface area contributed by atoms with Crippen molar-refractivity contribution in [3.8, 4) is 5.75 Å². The van der Waals surface area contributed by atoms with Crippen molar-refractivity contribution in [3.63, 3.8) is 0 Å². The molecule has 5 nitrogen and oxygen atoms in total. The van der Waals surface area contributed by atoms with Crippen LogP contribution >= 0.6 is 0 Å². The van der Waals surface area contributed by atoms with E-state index in [0.717, 1.165) is 0 Å². The average Bonchev–Trinajstić information content (AvgIpc) is 2.39. The van der Waals surface area contributed by atoms with E-state index in [1.165, 1.54) is 18.3 Å². The molecule has 0 amide bonds. The third-order valence-corrected chi connectivity index (χ3v) is 2.49. The van der Waals surface area contributed by atoms with E-state index >= 15 is 0 Å². The molecule has 2 aromatic rings. The van der Waals surface area contributed by atoms with Crippen molar-refractivity contribution < 1.29 is 18.6 Å². The van der Waals surface area contributed by atoms with Gasteiger partial charge in [0.25, 0.3) is 0 Å². The zero-order valence-corrected chi connectivity index (χ0v) is 10.6. The van der Waals surface area contributed by atoms with Crippen molar-refractivity contribution in [2.45, 2.75) is 0 Å². The fourth-order valence-electron chi connectivity index (χ4n) is 1.57. The number of nitrogens with zero attached hydrogens (tertiary/aromatic N) is 1. The molecule has 0 saturated heterocycles. The normalized spacial score (nSPS) is 10.8. The van der Waals surface area contributed by atoms with Gasteiger partial charge in [0, 0.05) is 24.6 Å². The maximum atomic E-state index is 13.8. The van der Waals surface area contributed by atoms with Crippen molar-refractivity contribution in [3.05, 3.63) is 30.2 Å². The molecule has 102 valence electrons. The highest BCUT2D eigenvalue weighted by Crippen LogP contribution is 2.24. The molecule has 0 fully saturated rings. The van der Waals surface area contributed by atoms with Crippen LogP contribution < -0.4 is 10.5 Å². The Labute approximate surface area is 110 Å². The molecule has 0 unspecified atom stereocenters. The Kier molecular flexibility index (Phi) is 4.48. The van der Waals surface area contributed by atoms with Crippen molar-refractivity contribution in [2.75, 3.05) is 32.9 Å². The summed E-state index contributed by atoms with van der Waals surface area (Å²) in [6, 6.07) is 4.46. The van der Waals surface area contributed by atoms with E-state index in [-0.39, 0.29) is 6.79 Å². The van der Waals surface area contributed by atoms with Crippen LogP contribution in [-0.2, 0) is 9.47 Å². The van der Waals surface area contributed by atoms with Crippen LogP contribution in [0, 0.1) is 5.82 Å². The molecule has 0 saturated carbocycles. The maximum absolute atomic E-state index is 13.8. The zero-order valence-electron chi connectivity index (χ0n) is 10.6. The SMILES string of the molecule is COCCOCOc1cc(F)c2cc(N)cnc2c1. The lowest BCUT2D eigenvalue weighted by Crippen LogP contribution is -2.07. The summed E-state index contributed by atoms with van der Waals surface area (Å²) < 4.78 is 29.1. The number of hydrogen-bond donors (Lipinski definition) is 1. The number of nitrogen functional groups attached to an aromatic ring is 1. The Hall–Kier alpha value is -1.92. The van der Waals surface area contributed by atoms with Gasteiger partial charge >= 0.3 is 0 Å². The Morgan fingerprint density at radius 1 is 1.26 bits per heavy atom. The van der Waals surface area contributed by atoms with Crippen molar-refractivity contribution >= 4 is 16.6 Å². The fraction of sp³-hybridized carbons (Fsp3) is 0.308. The Morgan fingerprint density at radius 3 is 2.89 bits per heavy atom. The molecule has 0 atom stereocenters. The molecular formula is C13H15FN2O3. The van der Waals surface area contributed by atoms with E-state index in [0.29, 0.717) is 35.6 Å². The number of fused-ring (bicyclic) bond motifs is 1. The molecule has 1 aromatic heterocycles. The minimum absolute atomic E-state index is 0.0310. The number of anilines is 1. The van der Waals surface area contributed by atoms with Gasteiger partial charge in [0.1, 0.15) is 11.6 Å². The largest absolute Gasteiger partial charge is 0.467 e. The zero-order chi connectivity index (χ0) is 13.7. The topological polar surface area (TPSA) is 66.6 Å². The highest BCUT2D eigenvalue weighted by atomic mass is 19.1. The van der Waals surface area contributed by atoms with Crippen LogP contribution in [0.2, 0.25) is 0 Å².